The summed E-state index contributed by atoms with van der Waals surface area (Å²) in [4.78, 5) is 12.9. The van der Waals surface area contributed by atoms with Gasteiger partial charge in [-0.05, 0) is 55.3 Å². The van der Waals surface area contributed by atoms with Crippen molar-refractivity contribution in [2.75, 3.05) is 31.1 Å². The van der Waals surface area contributed by atoms with Crippen LogP contribution in [0.1, 0.15) is 11.1 Å². The Kier molecular flexibility index (Phi) is 7.95. The summed E-state index contributed by atoms with van der Waals surface area (Å²) in [6.45, 7) is 3.77. The van der Waals surface area contributed by atoms with E-state index in [9.17, 15) is 13.2 Å². The van der Waals surface area contributed by atoms with Crippen LogP contribution >= 0.6 is 0 Å². The van der Waals surface area contributed by atoms with Crippen molar-refractivity contribution in [3.8, 4) is 11.5 Å². The van der Waals surface area contributed by atoms with Crippen LogP contribution < -0.4 is 19.1 Å². The number of rotatable bonds is 10. The SMILES string of the molecule is COc1ccccc1OCCNC(=O)CN(c1cc(C)ccc1C)S(=O)(=O)c1ccccc1. The molecule has 3 rings (SSSR count). The third kappa shape index (κ3) is 6.04. The topological polar surface area (TPSA) is 84.9 Å². The first-order chi connectivity index (χ1) is 15.8. The molecule has 33 heavy (non-hydrogen) atoms. The maximum atomic E-state index is 13.4. The van der Waals surface area contributed by atoms with Crippen molar-refractivity contribution >= 4 is 21.6 Å². The second kappa shape index (κ2) is 10.9. The molecule has 7 nitrogen and oxygen atoms in total. The van der Waals surface area contributed by atoms with Gasteiger partial charge in [0.2, 0.25) is 5.91 Å². The molecule has 0 aliphatic rings. The fourth-order valence-electron chi connectivity index (χ4n) is 3.28. The van der Waals surface area contributed by atoms with E-state index < -0.39 is 15.9 Å². The number of nitrogens with one attached hydrogen (secondary N) is 1. The molecule has 0 heterocycles. The molecule has 174 valence electrons. The molecule has 0 saturated carbocycles. The molecule has 1 amide bonds. The predicted octanol–water partition coefficient (Wildman–Crippen LogP) is 3.70. The molecule has 1 N–H and O–H groups in total. The number of aryl methyl sites for hydroxylation is 2. The summed E-state index contributed by atoms with van der Waals surface area (Å²) in [5, 5.41) is 2.74. The highest BCUT2D eigenvalue weighted by molar-refractivity contribution is 7.92. The number of hydrogen-bond donors (Lipinski definition) is 1. The van der Waals surface area contributed by atoms with E-state index in [1.165, 1.54) is 12.1 Å². The van der Waals surface area contributed by atoms with Crippen LogP contribution in [0.4, 0.5) is 5.69 Å². The molecule has 0 radical (unpaired) electrons. The highest BCUT2D eigenvalue weighted by Crippen LogP contribution is 2.28. The minimum absolute atomic E-state index is 0.123. The molecular weight excluding hydrogens is 440 g/mol. The van der Waals surface area contributed by atoms with Gasteiger partial charge in [0.25, 0.3) is 10.0 Å². The van der Waals surface area contributed by atoms with Crippen molar-refractivity contribution in [2.45, 2.75) is 18.7 Å². The standard InChI is InChI=1S/C25H28N2O5S/c1-19-13-14-20(2)22(17-19)27(33(29,30)21-9-5-4-6-10-21)18-25(28)26-15-16-32-24-12-8-7-11-23(24)31-3/h4-14,17H,15-16,18H2,1-3H3,(H,26,28). The molecule has 0 unspecified atom stereocenters. The van der Waals surface area contributed by atoms with Crippen LogP contribution in [0.2, 0.25) is 0 Å². The summed E-state index contributed by atoms with van der Waals surface area (Å²) in [5.41, 5.74) is 2.13. The summed E-state index contributed by atoms with van der Waals surface area (Å²) in [6.07, 6.45) is 0. The summed E-state index contributed by atoms with van der Waals surface area (Å²) in [5.74, 6) is 0.732. The van der Waals surface area contributed by atoms with E-state index in [1.807, 2.05) is 38.1 Å². The zero-order chi connectivity index (χ0) is 23.8. The van der Waals surface area contributed by atoms with Gasteiger partial charge in [0, 0.05) is 0 Å². The van der Waals surface area contributed by atoms with Crippen molar-refractivity contribution in [1.82, 2.24) is 5.32 Å². The second-order valence-corrected chi connectivity index (χ2v) is 9.33. The largest absolute Gasteiger partial charge is 0.493 e. The molecule has 8 heteroatoms. The summed E-state index contributed by atoms with van der Waals surface area (Å²) in [7, 11) is -2.39. The first kappa shape index (κ1) is 24.1. The highest BCUT2D eigenvalue weighted by atomic mass is 32.2. The Balaban J connectivity index is 1.73. The van der Waals surface area contributed by atoms with Crippen molar-refractivity contribution in [3.05, 3.63) is 83.9 Å². The van der Waals surface area contributed by atoms with Crippen LogP contribution in [0.5, 0.6) is 11.5 Å². The maximum absolute atomic E-state index is 13.4. The molecular formula is C25H28N2O5S. The summed E-state index contributed by atoms with van der Waals surface area (Å²) >= 11 is 0. The van der Waals surface area contributed by atoms with Crippen LogP contribution in [-0.2, 0) is 14.8 Å². The smallest absolute Gasteiger partial charge is 0.264 e. The lowest BCUT2D eigenvalue weighted by atomic mass is 10.1. The first-order valence-electron chi connectivity index (χ1n) is 10.5. The number of amides is 1. The first-order valence-corrected chi connectivity index (χ1v) is 11.9. The van der Waals surface area contributed by atoms with Crippen molar-refractivity contribution in [1.29, 1.82) is 0 Å². The van der Waals surface area contributed by atoms with Gasteiger partial charge in [0.1, 0.15) is 13.2 Å². The van der Waals surface area contributed by atoms with Gasteiger partial charge in [-0.15, -0.1) is 0 Å². The van der Waals surface area contributed by atoms with Crippen molar-refractivity contribution < 1.29 is 22.7 Å². The monoisotopic (exact) mass is 468 g/mol. The van der Waals surface area contributed by atoms with E-state index >= 15 is 0 Å². The molecule has 3 aromatic rings. The predicted molar refractivity (Wildman–Crippen MR) is 128 cm³/mol. The quantitative estimate of drug-likeness (QED) is 0.459. The van der Waals surface area contributed by atoms with Crippen LogP contribution in [0.3, 0.4) is 0 Å². The Morgan fingerprint density at radius 2 is 1.61 bits per heavy atom. The fourth-order valence-corrected chi connectivity index (χ4v) is 4.78. The number of methoxy groups -OCH3 is 1. The minimum atomic E-state index is -3.95. The molecule has 0 aromatic heterocycles. The number of ether oxygens (including phenoxy) is 2. The number of anilines is 1. The van der Waals surface area contributed by atoms with Gasteiger partial charge in [-0.2, -0.15) is 0 Å². The lowest BCUT2D eigenvalue weighted by Gasteiger charge is -2.26. The molecule has 0 spiro atoms. The van der Waals surface area contributed by atoms with E-state index in [1.54, 1.807) is 43.5 Å². The van der Waals surface area contributed by atoms with Gasteiger partial charge in [-0.25, -0.2) is 8.42 Å². The summed E-state index contributed by atoms with van der Waals surface area (Å²) in [6, 6.07) is 20.8. The molecule has 3 aromatic carbocycles. The van der Waals surface area contributed by atoms with Gasteiger partial charge in [0.05, 0.1) is 24.2 Å². The van der Waals surface area contributed by atoms with Crippen LogP contribution in [0.25, 0.3) is 0 Å². The van der Waals surface area contributed by atoms with E-state index in [2.05, 4.69) is 5.32 Å². The number of sulfonamides is 1. The number of carbonyl (C=O) groups is 1. The van der Waals surface area contributed by atoms with E-state index in [0.29, 0.717) is 17.2 Å². The van der Waals surface area contributed by atoms with Crippen molar-refractivity contribution in [3.63, 3.8) is 0 Å². The molecule has 0 aliphatic heterocycles. The van der Waals surface area contributed by atoms with Gasteiger partial charge >= 0.3 is 0 Å². The van der Waals surface area contributed by atoms with Gasteiger partial charge in [-0.3, -0.25) is 9.10 Å². The van der Waals surface area contributed by atoms with Crippen LogP contribution in [-0.4, -0.2) is 41.1 Å². The minimum Gasteiger partial charge on any atom is -0.493 e. The number of carbonyl (C=O) groups excluding carboxylic acids is 1. The number of para-hydroxylation sites is 2. The third-order valence-electron chi connectivity index (χ3n) is 5.00. The molecule has 0 bridgehead atoms. The average Bonchev–Trinajstić information content (AvgIpc) is 2.82. The Morgan fingerprint density at radius 3 is 2.30 bits per heavy atom. The average molecular weight is 469 g/mol. The van der Waals surface area contributed by atoms with Gasteiger partial charge < -0.3 is 14.8 Å². The summed E-state index contributed by atoms with van der Waals surface area (Å²) < 4.78 is 38.9. The molecule has 0 saturated heterocycles. The Bertz CT molecular complexity index is 1200. The fraction of sp³-hybridized carbons (Fsp3) is 0.240. The molecule has 0 aliphatic carbocycles. The number of hydrogen-bond acceptors (Lipinski definition) is 5. The number of benzene rings is 3. The lowest BCUT2D eigenvalue weighted by molar-refractivity contribution is -0.119. The lowest BCUT2D eigenvalue weighted by Crippen LogP contribution is -2.42. The zero-order valence-electron chi connectivity index (χ0n) is 18.9. The third-order valence-corrected chi connectivity index (χ3v) is 6.78. The van der Waals surface area contributed by atoms with Gasteiger partial charge in [-0.1, -0.05) is 42.5 Å². The maximum Gasteiger partial charge on any atom is 0.264 e. The Morgan fingerprint density at radius 1 is 0.939 bits per heavy atom. The Labute approximate surface area is 195 Å². The van der Waals surface area contributed by atoms with Crippen LogP contribution in [0, 0.1) is 13.8 Å². The normalized spacial score (nSPS) is 11.0. The van der Waals surface area contributed by atoms with Gasteiger partial charge in [0.15, 0.2) is 11.5 Å². The van der Waals surface area contributed by atoms with Crippen molar-refractivity contribution in [2.24, 2.45) is 0 Å². The number of nitrogens with zero attached hydrogens (tertiary/aromatic N) is 1. The van der Waals surface area contributed by atoms with E-state index in [4.69, 9.17) is 9.47 Å². The van der Waals surface area contributed by atoms with E-state index in [0.717, 1.165) is 15.4 Å². The highest BCUT2D eigenvalue weighted by Gasteiger charge is 2.28. The van der Waals surface area contributed by atoms with Crippen LogP contribution in [0.15, 0.2) is 77.7 Å². The molecule has 0 fully saturated rings. The zero-order valence-corrected chi connectivity index (χ0v) is 19.8. The van der Waals surface area contributed by atoms with E-state index in [-0.39, 0.29) is 24.6 Å². The second-order valence-electron chi connectivity index (χ2n) is 7.46. The Hall–Kier alpha value is -3.52. The molecule has 0 atom stereocenters.